The van der Waals surface area contributed by atoms with Gasteiger partial charge in [0.2, 0.25) is 0 Å². The maximum atomic E-state index is 12.4. The Morgan fingerprint density at radius 1 is 1.58 bits per heavy atom. The van der Waals surface area contributed by atoms with E-state index in [4.69, 9.17) is 21.4 Å². The van der Waals surface area contributed by atoms with E-state index in [1.807, 2.05) is 6.07 Å². The molecule has 0 saturated carbocycles. The molecular weight excluding hydrogens is 402 g/mol. The highest BCUT2D eigenvalue weighted by Gasteiger charge is 2.34. The van der Waals surface area contributed by atoms with Crippen molar-refractivity contribution in [2.45, 2.75) is 0 Å². The summed E-state index contributed by atoms with van der Waals surface area (Å²) in [6, 6.07) is 5.15. The molecule has 0 aromatic heterocycles. The highest BCUT2D eigenvalue weighted by atomic mass is 79.9. The molecule has 0 atom stereocenters. The first-order valence-electron chi connectivity index (χ1n) is 6.81. The fourth-order valence-electron chi connectivity index (χ4n) is 2.25. The largest absolute Gasteiger partial charge is 0.466 e. The molecule has 1 aromatic rings. The van der Waals surface area contributed by atoms with Gasteiger partial charge in [-0.2, -0.15) is 5.26 Å². The van der Waals surface area contributed by atoms with Crippen LogP contribution in [0.15, 0.2) is 27.9 Å². The monoisotopic (exact) mass is 413 g/mol. The molecule has 9 heteroatoms. The number of nitrogens with zero attached hydrogens (tertiary/aromatic N) is 2. The number of aliphatic hydroxyl groups is 1. The van der Waals surface area contributed by atoms with Gasteiger partial charge in [-0.15, -0.1) is 0 Å². The lowest BCUT2D eigenvalue weighted by Crippen LogP contribution is -2.31. The molecule has 1 heterocycles. The zero-order chi connectivity index (χ0) is 17.9. The number of carbonyl (C=O) groups excluding carboxylic acids is 2. The van der Waals surface area contributed by atoms with Gasteiger partial charge in [-0.1, -0.05) is 11.6 Å². The third-order valence-corrected chi connectivity index (χ3v) is 4.70. The first-order valence-corrected chi connectivity index (χ1v) is 7.98. The van der Waals surface area contributed by atoms with E-state index in [1.165, 1.54) is 12.0 Å². The topological polar surface area (TPSA) is 103 Å². The standard InChI is InChI=1S/C15H13BrClN3O4/c1-24-15(23)9-7-20(4-5-21)14(22)13(9)19-11-3-2-10(16)12(17)8(11)6-18/h2-3,19,21H,4-5,7H2,1H3. The third kappa shape index (κ3) is 3.38. The van der Waals surface area contributed by atoms with Gasteiger partial charge >= 0.3 is 5.97 Å². The fraction of sp³-hybridized carbons (Fsp3) is 0.267. The van der Waals surface area contributed by atoms with E-state index in [0.717, 1.165) is 0 Å². The SMILES string of the molecule is COC(=O)C1=C(Nc2ccc(Br)c(Cl)c2C#N)C(=O)N(CCO)C1. The highest BCUT2D eigenvalue weighted by Crippen LogP contribution is 2.33. The Balaban J connectivity index is 2.45. The number of rotatable bonds is 5. The lowest BCUT2D eigenvalue weighted by Gasteiger charge is -2.15. The lowest BCUT2D eigenvalue weighted by atomic mass is 10.1. The Morgan fingerprint density at radius 2 is 2.29 bits per heavy atom. The Labute approximate surface area is 151 Å². The van der Waals surface area contributed by atoms with Gasteiger partial charge in [0.25, 0.3) is 5.91 Å². The van der Waals surface area contributed by atoms with Crippen LogP contribution in [0.4, 0.5) is 5.69 Å². The van der Waals surface area contributed by atoms with Crippen LogP contribution in [0.25, 0.3) is 0 Å². The summed E-state index contributed by atoms with van der Waals surface area (Å²) in [6.07, 6.45) is 0. The van der Waals surface area contributed by atoms with Crippen molar-refractivity contribution in [1.82, 2.24) is 4.90 Å². The van der Waals surface area contributed by atoms with Gasteiger partial charge in [-0.3, -0.25) is 4.79 Å². The summed E-state index contributed by atoms with van der Waals surface area (Å²) in [5, 5.41) is 21.3. The molecule has 0 unspecified atom stereocenters. The average molecular weight is 415 g/mol. The van der Waals surface area contributed by atoms with Gasteiger partial charge in [-0.25, -0.2) is 4.79 Å². The molecule has 0 fully saturated rings. The molecule has 1 aliphatic rings. The molecule has 0 radical (unpaired) electrons. The van der Waals surface area contributed by atoms with Crippen LogP contribution in [0.3, 0.4) is 0 Å². The summed E-state index contributed by atoms with van der Waals surface area (Å²) in [5.41, 5.74) is 0.557. The van der Waals surface area contributed by atoms with Crippen LogP contribution in [0.1, 0.15) is 5.56 Å². The molecule has 0 bridgehead atoms. The van der Waals surface area contributed by atoms with Crippen molar-refractivity contribution >= 4 is 45.1 Å². The van der Waals surface area contributed by atoms with Gasteiger partial charge in [0.05, 0.1) is 42.1 Å². The van der Waals surface area contributed by atoms with Crippen molar-refractivity contribution in [2.75, 3.05) is 32.1 Å². The van der Waals surface area contributed by atoms with Crippen molar-refractivity contribution in [2.24, 2.45) is 0 Å². The van der Waals surface area contributed by atoms with Crippen molar-refractivity contribution < 1.29 is 19.4 Å². The number of nitrogens with one attached hydrogen (secondary N) is 1. The summed E-state index contributed by atoms with van der Waals surface area (Å²) in [4.78, 5) is 25.7. The van der Waals surface area contributed by atoms with Crippen LogP contribution >= 0.6 is 27.5 Å². The van der Waals surface area contributed by atoms with Crippen LogP contribution in [0.2, 0.25) is 5.02 Å². The molecule has 2 rings (SSSR count). The van der Waals surface area contributed by atoms with E-state index >= 15 is 0 Å². The Hall–Kier alpha value is -2.08. The molecule has 1 amide bonds. The Morgan fingerprint density at radius 3 is 2.88 bits per heavy atom. The van der Waals surface area contributed by atoms with E-state index in [0.29, 0.717) is 10.2 Å². The summed E-state index contributed by atoms with van der Waals surface area (Å²) < 4.78 is 5.23. The number of halogens is 2. The number of esters is 1. The van der Waals surface area contributed by atoms with E-state index in [-0.39, 0.29) is 41.6 Å². The van der Waals surface area contributed by atoms with E-state index in [1.54, 1.807) is 12.1 Å². The van der Waals surface area contributed by atoms with E-state index in [9.17, 15) is 14.9 Å². The predicted octanol–water partition coefficient (Wildman–Crippen LogP) is 1.65. The smallest absolute Gasteiger partial charge is 0.337 e. The lowest BCUT2D eigenvalue weighted by molar-refractivity contribution is -0.136. The minimum Gasteiger partial charge on any atom is -0.466 e. The van der Waals surface area contributed by atoms with Gasteiger partial charge < -0.3 is 20.1 Å². The van der Waals surface area contributed by atoms with E-state index < -0.39 is 11.9 Å². The molecule has 0 spiro atoms. The summed E-state index contributed by atoms with van der Waals surface area (Å²) >= 11 is 9.30. The number of methoxy groups -OCH3 is 1. The van der Waals surface area contributed by atoms with Crippen LogP contribution in [-0.4, -0.2) is 48.7 Å². The molecule has 1 aliphatic heterocycles. The summed E-state index contributed by atoms with van der Waals surface area (Å²) in [5.74, 6) is -1.12. The van der Waals surface area contributed by atoms with Crippen molar-refractivity contribution in [3.8, 4) is 6.07 Å². The van der Waals surface area contributed by atoms with Crippen LogP contribution in [0, 0.1) is 11.3 Å². The number of amides is 1. The quantitative estimate of drug-likeness (QED) is 0.710. The summed E-state index contributed by atoms with van der Waals surface area (Å²) in [6.45, 7) is -0.141. The number of carbonyl (C=O) groups is 2. The first kappa shape index (κ1) is 18.3. The number of benzene rings is 1. The number of aliphatic hydroxyl groups excluding tert-OH is 1. The second-order valence-corrected chi connectivity index (χ2v) is 6.05. The van der Waals surface area contributed by atoms with Gasteiger partial charge in [0, 0.05) is 11.0 Å². The second-order valence-electron chi connectivity index (χ2n) is 4.82. The Bertz CT molecular complexity index is 773. The second kappa shape index (κ2) is 7.66. The maximum Gasteiger partial charge on any atom is 0.337 e. The number of hydrogen-bond donors (Lipinski definition) is 2. The Kier molecular flexibility index (Phi) is 5.83. The number of hydrogen-bond acceptors (Lipinski definition) is 6. The molecule has 0 aliphatic carbocycles. The summed E-state index contributed by atoms with van der Waals surface area (Å²) in [7, 11) is 1.21. The fourth-order valence-corrected chi connectivity index (χ4v) is 2.79. The van der Waals surface area contributed by atoms with Crippen LogP contribution in [-0.2, 0) is 14.3 Å². The first-order chi connectivity index (χ1) is 11.4. The molecule has 0 saturated heterocycles. The van der Waals surface area contributed by atoms with Gasteiger partial charge in [0.1, 0.15) is 11.8 Å². The van der Waals surface area contributed by atoms with Gasteiger partial charge in [0.15, 0.2) is 0 Å². The number of β-amino-alcohol motifs (C(OH)–C–C–N with tert-alkyl or cyclic N) is 1. The molecular formula is C15H13BrClN3O4. The van der Waals surface area contributed by atoms with Gasteiger partial charge in [-0.05, 0) is 28.1 Å². The molecule has 7 nitrogen and oxygen atoms in total. The number of ether oxygens (including phenoxy) is 1. The highest BCUT2D eigenvalue weighted by molar-refractivity contribution is 9.10. The van der Waals surface area contributed by atoms with Crippen LogP contribution in [0.5, 0.6) is 0 Å². The normalized spacial score (nSPS) is 14.0. The number of anilines is 1. The molecule has 1 aromatic carbocycles. The minimum atomic E-state index is -0.659. The van der Waals surface area contributed by atoms with Crippen molar-refractivity contribution in [3.05, 3.63) is 38.5 Å². The van der Waals surface area contributed by atoms with Crippen LogP contribution < -0.4 is 5.32 Å². The predicted molar refractivity (Wildman–Crippen MR) is 90.2 cm³/mol. The van der Waals surface area contributed by atoms with Crippen molar-refractivity contribution in [3.63, 3.8) is 0 Å². The minimum absolute atomic E-state index is 0.00480. The zero-order valence-corrected chi connectivity index (χ0v) is 14.9. The maximum absolute atomic E-state index is 12.4. The van der Waals surface area contributed by atoms with E-state index in [2.05, 4.69) is 21.2 Å². The zero-order valence-electron chi connectivity index (χ0n) is 12.6. The molecule has 24 heavy (non-hydrogen) atoms. The average Bonchev–Trinajstić information content (AvgIpc) is 2.87. The molecule has 126 valence electrons. The van der Waals surface area contributed by atoms with Crippen molar-refractivity contribution in [1.29, 1.82) is 5.26 Å². The number of nitriles is 1. The molecule has 2 N–H and O–H groups in total. The third-order valence-electron chi connectivity index (χ3n) is 3.42.